The second kappa shape index (κ2) is 9.55. The van der Waals surface area contributed by atoms with Gasteiger partial charge in [0.05, 0.1) is 0 Å². The molecule has 0 spiro atoms. The number of hydrogen-bond acceptors (Lipinski definition) is 8. The van der Waals surface area contributed by atoms with Crippen LogP contribution in [-0.2, 0) is 9.53 Å². The lowest BCUT2D eigenvalue weighted by molar-refractivity contribution is -0.122. The number of aromatic nitrogens is 4. The van der Waals surface area contributed by atoms with Gasteiger partial charge in [0.25, 0.3) is 12.0 Å². The molecule has 2 heterocycles. The van der Waals surface area contributed by atoms with Crippen molar-refractivity contribution in [3.05, 3.63) is 51.4 Å². The summed E-state index contributed by atoms with van der Waals surface area (Å²) in [5, 5.41) is 19.8. The summed E-state index contributed by atoms with van der Waals surface area (Å²) in [4.78, 5) is 27.0. The van der Waals surface area contributed by atoms with E-state index in [-0.39, 0.29) is 18.1 Å². The summed E-state index contributed by atoms with van der Waals surface area (Å²) < 4.78 is 5.23. The van der Waals surface area contributed by atoms with E-state index >= 15 is 0 Å². The molecular formula is C17H19N5O4S. The maximum Gasteiger partial charge on any atom is 0.290 e. The average molecular weight is 389 g/mol. The molecule has 0 aliphatic carbocycles. The standard InChI is InChI=1S/C16H17N5O2S.CH2O2/c1-9-8-13(22)19-14(17-9)11-4-6-12(7-5-11)18-16-21-20-15(24-16)10(2)23-3;2-1-3/h4-8,10H,1-3H3,(H,18,21)(H,17,19,22);1H,(H,2,3). The molecule has 3 aromatic rings. The first kappa shape index (κ1) is 20.2. The number of ether oxygens (including phenoxy) is 1. The van der Waals surface area contributed by atoms with Crippen LogP contribution in [0, 0.1) is 6.92 Å². The molecule has 0 amide bonds. The lowest BCUT2D eigenvalue weighted by Crippen LogP contribution is -2.08. The summed E-state index contributed by atoms with van der Waals surface area (Å²) in [5.74, 6) is 0.554. The normalized spacial score (nSPS) is 11.2. The third-order valence-corrected chi connectivity index (χ3v) is 4.42. The molecule has 0 fully saturated rings. The molecule has 1 aromatic carbocycles. The number of H-pyrrole nitrogens is 1. The summed E-state index contributed by atoms with van der Waals surface area (Å²) in [5.41, 5.74) is 2.24. The fourth-order valence-electron chi connectivity index (χ4n) is 2.10. The zero-order valence-corrected chi connectivity index (χ0v) is 15.8. The van der Waals surface area contributed by atoms with E-state index < -0.39 is 0 Å². The van der Waals surface area contributed by atoms with E-state index in [1.54, 1.807) is 14.0 Å². The van der Waals surface area contributed by atoms with Gasteiger partial charge in [0.15, 0.2) is 0 Å². The highest BCUT2D eigenvalue weighted by Crippen LogP contribution is 2.26. The Morgan fingerprint density at radius 1 is 1.30 bits per heavy atom. The second-order valence-electron chi connectivity index (χ2n) is 5.37. The molecule has 10 heteroatoms. The van der Waals surface area contributed by atoms with Crippen LogP contribution in [0.4, 0.5) is 10.8 Å². The number of carboxylic acid groups (broad SMARTS) is 1. The van der Waals surface area contributed by atoms with Crippen molar-refractivity contribution in [3.63, 3.8) is 0 Å². The predicted molar refractivity (Wildman–Crippen MR) is 102 cm³/mol. The van der Waals surface area contributed by atoms with E-state index in [0.29, 0.717) is 16.6 Å². The van der Waals surface area contributed by atoms with Gasteiger partial charge in [-0.1, -0.05) is 11.3 Å². The van der Waals surface area contributed by atoms with Crippen LogP contribution in [0.15, 0.2) is 35.1 Å². The molecule has 0 bridgehead atoms. The number of aryl methyl sites for hydroxylation is 1. The van der Waals surface area contributed by atoms with Gasteiger partial charge in [0.1, 0.15) is 16.9 Å². The molecule has 2 aromatic heterocycles. The smallest absolute Gasteiger partial charge is 0.290 e. The molecule has 0 saturated carbocycles. The van der Waals surface area contributed by atoms with Crippen molar-refractivity contribution in [2.24, 2.45) is 0 Å². The number of nitrogens with zero attached hydrogens (tertiary/aromatic N) is 3. The number of methoxy groups -OCH3 is 1. The summed E-state index contributed by atoms with van der Waals surface area (Å²) in [6, 6.07) is 9.05. The lowest BCUT2D eigenvalue weighted by Gasteiger charge is -2.05. The topological polar surface area (TPSA) is 130 Å². The summed E-state index contributed by atoms with van der Waals surface area (Å²) in [6.45, 7) is 3.47. The van der Waals surface area contributed by atoms with Gasteiger partial charge in [-0.15, -0.1) is 10.2 Å². The van der Waals surface area contributed by atoms with Gasteiger partial charge in [-0.3, -0.25) is 9.59 Å². The lowest BCUT2D eigenvalue weighted by atomic mass is 10.2. The summed E-state index contributed by atoms with van der Waals surface area (Å²) in [6.07, 6.45) is -0.0790. The maximum atomic E-state index is 11.5. The van der Waals surface area contributed by atoms with Crippen LogP contribution in [-0.4, -0.2) is 38.9 Å². The van der Waals surface area contributed by atoms with Crippen LogP contribution in [0.5, 0.6) is 0 Å². The molecule has 0 aliphatic heterocycles. The number of rotatable bonds is 5. The van der Waals surface area contributed by atoms with Crippen LogP contribution in [0.3, 0.4) is 0 Å². The molecule has 0 aliphatic rings. The number of aromatic amines is 1. The SMILES string of the molecule is COC(C)c1nnc(Nc2ccc(-c3nc(C)cc(=O)[nH]3)cc2)s1.O=CO. The monoisotopic (exact) mass is 389 g/mol. The third kappa shape index (κ3) is 5.69. The van der Waals surface area contributed by atoms with Crippen LogP contribution in [0.1, 0.15) is 23.7 Å². The first-order valence-electron chi connectivity index (χ1n) is 7.86. The largest absolute Gasteiger partial charge is 0.483 e. The zero-order valence-electron chi connectivity index (χ0n) is 15.0. The van der Waals surface area contributed by atoms with Gasteiger partial charge in [0.2, 0.25) is 5.13 Å². The minimum atomic E-state index is -0.250. The van der Waals surface area contributed by atoms with Crippen LogP contribution in [0.2, 0.25) is 0 Å². The van der Waals surface area contributed by atoms with Gasteiger partial charge < -0.3 is 20.1 Å². The second-order valence-corrected chi connectivity index (χ2v) is 6.38. The number of anilines is 2. The van der Waals surface area contributed by atoms with Crippen molar-refractivity contribution in [1.29, 1.82) is 0 Å². The predicted octanol–water partition coefficient (Wildman–Crippen LogP) is 2.75. The van der Waals surface area contributed by atoms with Crippen molar-refractivity contribution >= 4 is 28.6 Å². The molecule has 27 heavy (non-hydrogen) atoms. The Kier molecular flexibility index (Phi) is 7.15. The molecule has 142 valence electrons. The van der Waals surface area contributed by atoms with Gasteiger partial charge in [-0.2, -0.15) is 0 Å². The van der Waals surface area contributed by atoms with Crippen LogP contribution in [0.25, 0.3) is 11.4 Å². The quantitative estimate of drug-likeness (QED) is 0.568. The first-order chi connectivity index (χ1) is 13.0. The number of nitrogens with one attached hydrogen (secondary N) is 2. The fraction of sp³-hybridized carbons (Fsp3) is 0.235. The van der Waals surface area contributed by atoms with Crippen molar-refractivity contribution < 1.29 is 14.6 Å². The van der Waals surface area contributed by atoms with E-state index in [2.05, 4.69) is 25.5 Å². The number of hydrogen-bond donors (Lipinski definition) is 3. The maximum absolute atomic E-state index is 11.5. The number of carbonyl (C=O) groups is 1. The van der Waals surface area contributed by atoms with E-state index in [0.717, 1.165) is 16.3 Å². The Morgan fingerprint density at radius 3 is 2.56 bits per heavy atom. The molecule has 1 atom stereocenters. The van der Waals surface area contributed by atoms with Crippen LogP contribution >= 0.6 is 11.3 Å². The summed E-state index contributed by atoms with van der Waals surface area (Å²) in [7, 11) is 1.64. The van der Waals surface area contributed by atoms with Crippen molar-refractivity contribution in [2.75, 3.05) is 12.4 Å². The molecule has 1 unspecified atom stereocenters. The van der Waals surface area contributed by atoms with Crippen molar-refractivity contribution in [1.82, 2.24) is 20.2 Å². The van der Waals surface area contributed by atoms with Gasteiger partial charge >= 0.3 is 0 Å². The molecule has 3 rings (SSSR count). The number of benzene rings is 1. The van der Waals surface area contributed by atoms with Gasteiger partial charge in [0, 0.05) is 30.1 Å². The highest BCUT2D eigenvalue weighted by molar-refractivity contribution is 7.15. The minimum absolute atomic E-state index is 0.0790. The zero-order chi connectivity index (χ0) is 19.8. The fourth-order valence-corrected chi connectivity index (χ4v) is 2.89. The van der Waals surface area contributed by atoms with Crippen molar-refractivity contribution in [3.8, 4) is 11.4 Å². The Morgan fingerprint density at radius 2 is 1.96 bits per heavy atom. The highest BCUT2D eigenvalue weighted by Gasteiger charge is 2.11. The Labute approximate surface area is 159 Å². The molecule has 0 radical (unpaired) electrons. The van der Waals surface area contributed by atoms with E-state index in [4.69, 9.17) is 14.6 Å². The van der Waals surface area contributed by atoms with Gasteiger partial charge in [-0.05, 0) is 38.1 Å². The summed E-state index contributed by atoms with van der Waals surface area (Å²) >= 11 is 1.45. The first-order valence-corrected chi connectivity index (χ1v) is 8.68. The Hall–Kier alpha value is -3.11. The van der Waals surface area contributed by atoms with Crippen LogP contribution < -0.4 is 10.9 Å². The molecule has 3 N–H and O–H groups in total. The average Bonchev–Trinajstić information content (AvgIpc) is 3.10. The van der Waals surface area contributed by atoms with Gasteiger partial charge in [-0.25, -0.2) is 4.98 Å². The van der Waals surface area contributed by atoms with E-state index in [1.165, 1.54) is 17.4 Å². The Bertz CT molecular complexity index is 939. The molecular weight excluding hydrogens is 370 g/mol. The third-order valence-electron chi connectivity index (χ3n) is 3.42. The highest BCUT2D eigenvalue weighted by atomic mass is 32.1. The Balaban J connectivity index is 0.000000817. The molecule has 0 saturated heterocycles. The van der Waals surface area contributed by atoms with Crippen molar-refractivity contribution in [2.45, 2.75) is 20.0 Å². The van der Waals surface area contributed by atoms with E-state index in [9.17, 15) is 4.79 Å². The minimum Gasteiger partial charge on any atom is -0.483 e. The van der Waals surface area contributed by atoms with E-state index in [1.807, 2.05) is 31.2 Å². The molecule has 9 nitrogen and oxygen atoms in total.